The van der Waals surface area contributed by atoms with Crippen molar-refractivity contribution in [1.29, 1.82) is 5.26 Å². The second kappa shape index (κ2) is 3.64. The van der Waals surface area contributed by atoms with Crippen LogP contribution in [0.4, 0.5) is 0 Å². The zero-order chi connectivity index (χ0) is 8.97. The summed E-state index contributed by atoms with van der Waals surface area (Å²) in [6.07, 6.45) is 2.87. The fourth-order valence-corrected chi connectivity index (χ4v) is 0.898. The Morgan fingerprint density at radius 1 is 1.75 bits per heavy atom. The van der Waals surface area contributed by atoms with Crippen LogP contribution in [0.15, 0.2) is 18.3 Å². The van der Waals surface area contributed by atoms with Crippen molar-refractivity contribution in [3.63, 3.8) is 0 Å². The molecule has 1 aromatic rings. The molecule has 5 heteroatoms. The highest BCUT2D eigenvalue weighted by molar-refractivity contribution is 7.71. The fourth-order valence-electron chi connectivity index (χ4n) is 0.679. The molecule has 1 aromatic heterocycles. The molecule has 0 aliphatic carbocycles. The van der Waals surface area contributed by atoms with E-state index in [-0.39, 0.29) is 10.2 Å². The van der Waals surface area contributed by atoms with Crippen molar-refractivity contribution in [1.82, 2.24) is 4.98 Å². The maximum Gasteiger partial charge on any atom is 0.356 e. The molecule has 1 rings (SSSR count). The zero-order valence-electron chi connectivity index (χ0n) is 5.90. The number of hydrogen-bond donors (Lipinski definition) is 1. The van der Waals surface area contributed by atoms with Crippen LogP contribution < -0.4 is 0 Å². The van der Waals surface area contributed by atoms with Gasteiger partial charge in [-0.25, -0.2) is 4.79 Å². The number of nitriles is 1. The molecule has 0 aliphatic heterocycles. The Morgan fingerprint density at radius 2 is 2.50 bits per heavy atom. The van der Waals surface area contributed by atoms with Crippen molar-refractivity contribution < 1.29 is 9.53 Å². The van der Waals surface area contributed by atoms with Gasteiger partial charge in [0.25, 0.3) is 6.26 Å². The number of nitrogens with one attached hydrogen (secondary N) is 1. The lowest BCUT2D eigenvalue weighted by molar-refractivity contribution is 0.0684. The summed E-state index contributed by atoms with van der Waals surface area (Å²) in [5, 5.41) is 8.05. The predicted molar refractivity (Wildman–Crippen MR) is 42.7 cm³/mol. The van der Waals surface area contributed by atoms with Crippen LogP contribution in [0.2, 0.25) is 0 Å². The number of H-pyrrole nitrogens is 1. The SMILES string of the molecule is N#COC(=O)c1ccc[nH]c1=S. The van der Waals surface area contributed by atoms with Gasteiger partial charge in [-0.1, -0.05) is 12.2 Å². The average Bonchev–Trinajstić information content (AvgIpc) is 2.05. The first-order valence-corrected chi connectivity index (χ1v) is 3.44. The molecule has 0 unspecified atom stereocenters. The minimum Gasteiger partial charge on any atom is -0.352 e. The quantitative estimate of drug-likeness (QED) is 0.403. The van der Waals surface area contributed by atoms with E-state index in [1.54, 1.807) is 12.3 Å². The summed E-state index contributed by atoms with van der Waals surface area (Å²) in [6.45, 7) is 0. The summed E-state index contributed by atoms with van der Waals surface area (Å²) in [6, 6.07) is 3.09. The lowest BCUT2D eigenvalue weighted by atomic mass is 10.3. The summed E-state index contributed by atoms with van der Waals surface area (Å²) in [7, 11) is 0. The van der Waals surface area contributed by atoms with Crippen LogP contribution in [0.1, 0.15) is 10.4 Å². The van der Waals surface area contributed by atoms with Crippen molar-refractivity contribution in [2.24, 2.45) is 0 Å². The number of aromatic amines is 1. The first kappa shape index (κ1) is 8.43. The predicted octanol–water partition coefficient (Wildman–Crippen LogP) is 1.38. The van der Waals surface area contributed by atoms with Gasteiger partial charge in [0.1, 0.15) is 4.64 Å². The zero-order valence-corrected chi connectivity index (χ0v) is 6.72. The van der Waals surface area contributed by atoms with E-state index in [2.05, 4.69) is 9.72 Å². The fraction of sp³-hybridized carbons (Fsp3) is 0. The smallest absolute Gasteiger partial charge is 0.352 e. The molecule has 0 amide bonds. The van der Waals surface area contributed by atoms with Gasteiger partial charge >= 0.3 is 5.97 Å². The number of carbonyl (C=O) groups excluding carboxylic acids is 1. The van der Waals surface area contributed by atoms with Crippen LogP contribution in [-0.4, -0.2) is 11.0 Å². The molecule has 0 aromatic carbocycles. The number of aromatic nitrogens is 1. The number of rotatable bonds is 1. The highest BCUT2D eigenvalue weighted by Gasteiger charge is 2.07. The van der Waals surface area contributed by atoms with Crippen molar-refractivity contribution in [3.05, 3.63) is 28.5 Å². The lowest BCUT2D eigenvalue weighted by Crippen LogP contribution is -2.01. The van der Waals surface area contributed by atoms with Crippen LogP contribution in [0.5, 0.6) is 0 Å². The Balaban J connectivity index is 3.05. The van der Waals surface area contributed by atoms with Gasteiger partial charge < -0.3 is 9.72 Å². The van der Waals surface area contributed by atoms with E-state index < -0.39 is 5.97 Å². The van der Waals surface area contributed by atoms with Gasteiger partial charge in [0.05, 0.1) is 5.56 Å². The summed E-state index contributed by atoms with van der Waals surface area (Å²) in [5.41, 5.74) is 0.189. The third-order valence-corrected chi connectivity index (χ3v) is 1.51. The van der Waals surface area contributed by atoms with Crippen molar-refractivity contribution in [2.45, 2.75) is 0 Å². The first-order valence-electron chi connectivity index (χ1n) is 3.03. The average molecular weight is 180 g/mol. The number of nitrogens with zero attached hydrogens (tertiary/aromatic N) is 1. The Labute approximate surface area is 73.4 Å². The molecular weight excluding hydrogens is 176 g/mol. The van der Waals surface area contributed by atoms with Crippen LogP contribution in [0.3, 0.4) is 0 Å². The Hall–Kier alpha value is -1.67. The third kappa shape index (κ3) is 1.68. The molecule has 1 heterocycles. The van der Waals surface area contributed by atoms with E-state index >= 15 is 0 Å². The summed E-state index contributed by atoms with van der Waals surface area (Å²) >= 11 is 4.78. The van der Waals surface area contributed by atoms with Crippen LogP contribution in [0.25, 0.3) is 0 Å². The molecule has 1 N–H and O–H groups in total. The van der Waals surface area contributed by atoms with Crippen LogP contribution in [0, 0.1) is 16.2 Å². The Kier molecular flexibility index (Phi) is 2.56. The van der Waals surface area contributed by atoms with Crippen LogP contribution >= 0.6 is 12.2 Å². The summed E-state index contributed by atoms with van der Waals surface area (Å²) < 4.78 is 4.35. The van der Waals surface area contributed by atoms with Crippen LogP contribution in [-0.2, 0) is 4.74 Å². The molecule has 12 heavy (non-hydrogen) atoms. The topological polar surface area (TPSA) is 65.9 Å². The summed E-state index contributed by atoms with van der Waals surface area (Å²) in [4.78, 5) is 13.6. The molecule has 0 spiro atoms. The van der Waals surface area contributed by atoms with E-state index in [0.717, 1.165) is 0 Å². The second-order valence-electron chi connectivity index (χ2n) is 1.89. The minimum absolute atomic E-state index is 0.189. The van der Waals surface area contributed by atoms with Crippen molar-refractivity contribution in [2.75, 3.05) is 0 Å². The number of carbonyl (C=O) groups is 1. The van der Waals surface area contributed by atoms with Gasteiger partial charge in [-0.3, -0.25) is 0 Å². The van der Waals surface area contributed by atoms with E-state index in [1.165, 1.54) is 12.3 Å². The standard InChI is InChI=1S/C7H4N2O2S/c8-4-11-7(10)5-2-1-3-9-6(5)12/h1-3H,(H,9,12). The molecule has 0 radical (unpaired) electrons. The molecule has 0 saturated carbocycles. The number of pyridine rings is 1. The maximum absolute atomic E-state index is 10.9. The van der Waals surface area contributed by atoms with Gasteiger partial charge in [0.15, 0.2) is 0 Å². The normalized spacial score (nSPS) is 8.58. The van der Waals surface area contributed by atoms with E-state index in [0.29, 0.717) is 0 Å². The van der Waals surface area contributed by atoms with E-state index in [9.17, 15) is 4.79 Å². The first-order chi connectivity index (χ1) is 5.75. The van der Waals surface area contributed by atoms with Gasteiger partial charge in [-0.2, -0.15) is 0 Å². The second-order valence-corrected chi connectivity index (χ2v) is 2.30. The van der Waals surface area contributed by atoms with Gasteiger partial charge in [0, 0.05) is 6.20 Å². The number of ether oxygens (including phenoxy) is 1. The van der Waals surface area contributed by atoms with Gasteiger partial charge in [-0.05, 0) is 12.1 Å². The number of hydrogen-bond acceptors (Lipinski definition) is 4. The molecular formula is C7H4N2O2S. The minimum atomic E-state index is -0.737. The van der Waals surface area contributed by atoms with Crippen molar-refractivity contribution in [3.8, 4) is 6.26 Å². The highest BCUT2D eigenvalue weighted by atomic mass is 32.1. The largest absolute Gasteiger partial charge is 0.356 e. The highest BCUT2D eigenvalue weighted by Crippen LogP contribution is 2.00. The summed E-state index contributed by atoms with van der Waals surface area (Å²) in [5.74, 6) is -0.737. The van der Waals surface area contributed by atoms with Gasteiger partial charge in [-0.15, -0.1) is 5.26 Å². The monoisotopic (exact) mass is 180 g/mol. The third-order valence-electron chi connectivity index (χ3n) is 1.18. The lowest BCUT2D eigenvalue weighted by Gasteiger charge is -1.94. The Morgan fingerprint density at radius 3 is 3.08 bits per heavy atom. The van der Waals surface area contributed by atoms with E-state index in [1.807, 2.05) is 0 Å². The molecule has 0 fully saturated rings. The molecule has 60 valence electrons. The molecule has 0 bridgehead atoms. The van der Waals surface area contributed by atoms with Crippen molar-refractivity contribution >= 4 is 18.2 Å². The molecule has 0 saturated heterocycles. The Bertz CT molecular complexity index is 391. The van der Waals surface area contributed by atoms with Gasteiger partial charge in [0.2, 0.25) is 0 Å². The molecule has 4 nitrogen and oxygen atoms in total. The van der Waals surface area contributed by atoms with E-state index in [4.69, 9.17) is 17.5 Å². The maximum atomic E-state index is 10.9. The number of esters is 1. The molecule has 0 atom stereocenters. The molecule has 0 aliphatic rings.